The van der Waals surface area contributed by atoms with Crippen LogP contribution in [0.3, 0.4) is 0 Å². The lowest BCUT2D eigenvalue weighted by atomic mass is 10.1. The lowest BCUT2D eigenvalue weighted by molar-refractivity contribution is 0.384. The van der Waals surface area contributed by atoms with E-state index in [9.17, 15) is 4.79 Å². The number of rotatable bonds is 2. The van der Waals surface area contributed by atoms with Gasteiger partial charge in [-0.2, -0.15) is 5.10 Å². The maximum atomic E-state index is 12.9. The summed E-state index contributed by atoms with van der Waals surface area (Å²) >= 11 is 0. The fourth-order valence-corrected chi connectivity index (χ4v) is 4.05. The Balaban J connectivity index is 1.70. The highest BCUT2D eigenvalue weighted by Crippen LogP contribution is 2.31. The van der Waals surface area contributed by atoms with Crippen LogP contribution in [0.2, 0.25) is 0 Å². The highest BCUT2D eigenvalue weighted by atomic mass is 16.2. The third-order valence-electron chi connectivity index (χ3n) is 5.21. The van der Waals surface area contributed by atoms with Gasteiger partial charge in [0.15, 0.2) is 0 Å². The van der Waals surface area contributed by atoms with Crippen molar-refractivity contribution < 1.29 is 0 Å². The van der Waals surface area contributed by atoms with Gasteiger partial charge in [-0.25, -0.2) is 9.48 Å². The second-order valence-electron chi connectivity index (χ2n) is 6.62. The minimum atomic E-state index is 0.105. The van der Waals surface area contributed by atoms with Gasteiger partial charge in [0.1, 0.15) is 5.82 Å². The van der Waals surface area contributed by atoms with E-state index in [1.807, 2.05) is 22.8 Å². The largest absolute Gasteiger partial charge is 0.346 e. The van der Waals surface area contributed by atoms with Crippen LogP contribution >= 0.6 is 0 Å². The molecule has 0 saturated heterocycles. The second kappa shape index (κ2) is 5.75. The monoisotopic (exact) mass is 297 g/mol. The van der Waals surface area contributed by atoms with Gasteiger partial charge in [-0.1, -0.05) is 56.0 Å². The third-order valence-corrected chi connectivity index (χ3v) is 5.21. The van der Waals surface area contributed by atoms with Gasteiger partial charge in [-0.3, -0.25) is 4.57 Å². The Morgan fingerprint density at radius 1 is 0.955 bits per heavy atom. The molecule has 116 valence electrons. The van der Waals surface area contributed by atoms with Crippen molar-refractivity contribution in [3.63, 3.8) is 0 Å². The highest BCUT2D eigenvalue weighted by molar-refractivity contribution is 5.22. The molecule has 1 atom stereocenters. The minimum absolute atomic E-state index is 0.105. The summed E-state index contributed by atoms with van der Waals surface area (Å²) in [5, 5.41) is 4.70. The van der Waals surface area contributed by atoms with Crippen LogP contribution in [0.4, 0.5) is 0 Å². The van der Waals surface area contributed by atoms with Crippen molar-refractivity contribution in [2.24, 2.45) is 0 Å². The van der Waals surface area contributed by atoms with E-state index in [-0.39, 0.29) is 11.7 Å². The van der Waals surface area contributed by atoms with Gasteiger partial charge in [0, 0.05) is 6.42 Å². The van der Waals surface area contributed by atoms with E-state index in [0.717, 1.165) is 31.5 Å². The van der Waals surface area contributed by atoms with E-state index in [2.05, 4.69) is 12.1 Å². The van der Waals surface area contributed by atoms with Gasteiger partial charge in [0.25, 0.3) is 0 Å². The fraction of sp³-hybridized carbons (Fsp3) is 0.556. The molecule has 0 unspecified atom stereocenters. The van der Waals surface area contributed by atoms with Crippen molar-refractivity contribution in [2.75, 3.05) is 0 Å². The molecule has 1 aromatic heterocycles. The summed E-state index contributed by atoms with van der Waals surface area (Å²) in [7, 11) is 0. The Labute approximate surface area is 130 Å². The normalized spacial score (nSPS) is 22.5. The summed E-state index contributed by atoms with van der Waals surface area (Å²) < 4.78 is 3.75. The van der Waals surface area contributed by atoms with Crippen LogP contribution in [0.15, 0.2) is 35.1 Å². The molecule has 4 nitrogen and oxygen atoms in total. The molecule has 1 saturated carbocycles. The van der Waals surface area contributed by atoms with Crippen LogP contribution in [0.25, 0.3) is 0 Å². The molecule has 0 radical (unpaired) electrons. The molecule has 2 heterocycles. The number of hydrogen-bond donors (Lipinski definition) is 0. The number of aryl methyl sites for hydroxylation is 1. The molecule has 0 N–H and O–H groups in total. The standard InChI is InChI=1S/C18H23N3O/c22-18-20-16(14-8-4-3-5-9-14)12-13-17(20)19-21(18)15-10-6-1-2-7-11-15/h3-5,8-9,15-16H,1-2,6-7,10-13H2/t16-/m0/s1. The molecule has 2 aliphatic rings. The first-order chi connectivity index (χ1) is 10.8. The van der Waals surface area contributed by atoms with Crippen molar-refractivity contribution in [1.29, 1.82) is 0 Å². The fourth-order valence-electron chi connectivity index (χ4n) is 4.05. The van der Waals surface area contributed by atoms with Crippen LogP contribution < -0.4 is 5.69 Å². The molecule has 4 rings (SSSR count). The summed E-state index contributed by atoms with van der Waals surface area (Å²) in [5.74, 6) is 0.975. The van der Waals surface area contributed by atoms with Gasteiger partial charge in [0.05, 0.1) is 12.1 Å². The maximum absolute atomic E-state index is 12.9. The summed E-state index contributed by atoms with van der Waals surface area (Å²) in [6.07, 6.45) is 9.15. The zero-order valence-electron chi connectivity index (χ0n) is 12.9. The predicted octanol–water partition coefficient (Wildman–Crippen LogP) is 3.48. The molecule has 1 aliphatic heterocycles. The Bertz CT molecular complexity index is 693. The number of fused-ring (bicyclic) bond motifs is 1. The zero-order valence-corrected chi connectivity index (χ0v) is 12.9. The van der Waals surface area contributed by atoms with E-state index >= 15 is 0 Å². The van der Waals surface area contributed by atoms with Crippen LogP contribution in [-0.2, 0) is 6.42 Å². The Morgan fingerprint density at radius 3 is 2.41 bits per heavy atom. The van der Waals surface area contributed by atoms with E-state index in [1.54, 1.807) is 4.68 Å². The Kier molecular flexibility index (Phi) is 3.60. The van der Waals surface area contributed by atoms with E-state index < -0.39 is 0 Å². The summed E-state index contributed by atoms with van der Waals surface area (Å²) in [6, 6.07) is 10.8. The summed E-state index contributed by atoms with van der Waals surface area (Å²) in [4.78, 5) is 12.9. The average Bonchev–Trinajstić information content (AvgIpc) is 2.98. The molecule has 4 heteroatoms. The van der Waals surface area contributed by atoms with Gasteiger partial charge in [0.2, 0.25) is 0 Å². The molecule has 1 fully saturated rings. The zero-order chi connectivity index (χ0) is 14.9. The van der Waals surface area contributed by atoms with E-state index in [4.69, 9.17) is 5.10 Å². The SMILES string of the molecule is O=c1n(C2CCCCCC2)nc2n1[C@H](c1ccccc1)CC2. The van der Waals surface area contributed by atoms with Crippen molar-refractivity contribution in [3.8, 4) is 0 Å². The van der Waals surface area contributed by atoms with Crippen molar-refractivity contribution in [1.82, 2.24) is 14.3 Å². The number of benzene rings is 1. The predicted molar refractivity (Wildman–Crippen MR) is 86.1 cm³/mol. The Hall–Kier alpha value is -1.84. The molecular formula is C18H23N3O. The van der Waals surface area contributed by atoms with Gasteiger partial charge in [-0.05, 0) is 24.8 Å². The summed E-state index contributed by atoms with van der Waals surface area (Å²) in [6.45, 7) is 0. The first kappa shape index (κ1) is 13.8. The third kappa shape index (κ3) is 2.31. The van der Waals surface area contributed by atoms with Crippen molar-refractivity contribution in [3.05, 3.63) is 52.2 Å². The quantitative estimate of drug-likeness (QED) is 0.796. The smallest absolute Gasteiger partial charge is 0.271 e. The number of hydrogen-bond acceptors (Lipinski definition) is 2. The molecule has 1 aromatic carbocycles. The topological polar surface area (TPSA) is 39.8 Å². The average molecular weight is 297 g/mol. The van der Waals surface area contributed by atoms with Crippen LogP contribution in [0, 0.1) is 0 Å². The summed E-state index contributed by atoms with van der Waals surface area (Å²) in [5.41, 5.74) is 1.33. The van der Waals surface area contributed by atoms with E-state index in [1.165, 1.54) is 31.2 Å². The first-order valence-corrected chi connectivity index (χ1v) is 8.59. The maximum Gasteiger partial charge on any atom is 0.346 e. The molecule has 2 aromatic rings. The van der Waals surface area contributed by atoms with Crippen LogP contribution in [0.1, 0.15) is 68.4 Å². The highest BCUT2D eigenvalue weighted by Gasteiger charge is 2.30. The molecule has 0 spiro atoms. The first-order valence-electron chi connectivity index (χ1n) is 8.59. The minimum Gasteiger partial charge on any atom is -0.271 e. The van der Waals surface area contributed by atoms with Gasteiger partial charge in [-0.15, -0.1) is 0 Å². The number of aromatic nitrogens is 3. The molecular weight excluding hydrogens is 274 g/mol. The lowest BCUT2D eigenvalue weighted by Crippen LogP contribution is -2.30. The molecule has 0 bridgehead atoms. The molecule has 22 heavy (non-hydrogen) atoms. The van der Waals surface area contributed by atoms with E-state index in [0.29, 0.717) is 6.04 Å². The van der Waals surface area contributed by atoms with Crippen molar-refractivity contribution >= 4 is 0 Å². The van der Waals surface area contributed by atoms with Crippen LogP contribution in [-0.4, -0.2) is 14.3 Å². The second-order valence-corrected chi connectivity index (χ2v) is 6.62. The van der Waals surface area contributed by atoms with Crippen LogP contribution in [0.5, 0.6) is 0 Å². The van der Waals surface area contributed by atoms with Gasteiger partial charge < -0.3 is 0 Å². The lowest BCUT2D eigenvalue weighted by Gasteiger charge is -2.15. The Morgan fingerprint density at radius 2 is 1.68 bits per heavy atom. The van der Waals surface area contributed by atoms with Crippen molar-refractivity contribution in [2.45, 2.75) is 63.5 Å². The molecule has 0 amide bonds. The number of nitrogens with zero attached hydrogens (tertiary/aromatic N) is 3. The van der Waals surface area contributed by atoms with Gasteiger partial charge >= 0.3 is 5.69 Å². The molecule has 1 aliphatic carbocycles.